The van der Waals surface area contributed by atoms with Crippen LogP contribution in [0.15, 0.2) is 24.4 Å². The van der Waals surface area contributed by atoms with Crippen molar-refractivity contribution >= 4 is 0 Å². The first-order valence-electron chi connectivity index (χ1n) is 7.58. The Morgan fingerprint density at radius 3 is 2.68 bits per heavy atom. The molecule has 0 aliphatic heterocycles. The van der Waals surface area contributed by atoms with Crippen LogP contribution < -0.4 is 5.32 Å². The predicted octanol–water partition coefficient (Wildman–Crippen LogP) is 2.68. The maximum absolute atomic E-state index is 4.45. The molecule has 3 nitrogen and oxygen atoms in total. The molecule has 19 heavy (non-hydrogen) atoms. The molecule has 0 amide bonds. The average molecular weight is 261 g/mol. The van der Waals surface area contributed by atoms with E-state index in [9.17, 15) is 0 Å². The fourth-order valence-corrected chi connectivity index (χ4v) is 2.52. The first kappa shape index (κ1) is 14.5. The van der Waals surface area contributed by atoms with Crippen LogP contribution >= 0.6 is 0 Å². The highest BCUT2D eigenvalue weighted by Gasteiger charge is 2.25. The number of nitrogens with zero attached hydrogens (tertiary/aromatic N) is 2. The van der Waals surface area contributed by atoms with Gasteiger partial charge in [-0.2, -0.15) is 0 Å². The number of likely N-dealkylation sites (N-methyl/N-ethyl adjacent to an activating group) is 1. The Morgan fingerprint density at radius 2 is 2.16 bits per heavy atom. The molecule has 1 aliphatic rings. The van der Waals surface area contributed by atoms with E-state index in [-0.39, 0.29) is 0 Å². The minimum absolute atomic E-state index is 0.590. The van der Waals surface area contributed by atoms with Crippen LogP contribution in [0, 0.1) is 5.92 Å². The van der Waals surface area contributed by atoms with Gasteiger partial charge in [0.1, 0.15) is 0 Å². The van der Waals surface area contributed by atoms with Crippen LogP contribution in [0.3, 0.4) is 0 Å². The van der Waals surface area contributed by atoms with Gasteiger partial charge in [0.25, 0.3) is 0 Å². The maximum Gasteiger partial charge on any atom is 0.0544 e. The third-order valence-electron chi connectivity index (χ3n) is 3.93. The fraction of sp³-hybridized carbons (Fsp3) is 0.688. The molecule has 1 aliphatic carbocycles. The molecule has 1 aromatic rings. The second-order valence-electron chi connectivity index (χ2n) is 5.88. The molecule has 0 aromatic carbocycles. The molecular weight excluding hydrogens is 234 g/mol. The zero-order chi connectivity index (χ0) is 13.7. The quantitative estimate of drug-likeness (QED) is 0.780. The van der Waals surface area contributed by atoms with Gasteiger partial charge in [-0.15, -0.1) is 0 Å². The van der Waals surface area contributed by atoms with Gasteiger partial charge in [0.15, 0.2) is 0 Å². The average Bonchev–Trinajstić information content (AvgIpc) is 3.22. The van der Waals surface area contributed by atoms with Crippen LogP contribution in [0.2, 0.25) is 0 Å². The topological polar surface area (TPSA) is 28.2 Å². The van der Waals surface area contributed by atoms with Crippen LogP contribution in [0.1, 0.15) is 39.3 Å². The molecule has 1 atom stereocenters. The Kier molecular flexibility index (Phi) is 5.34. The number of pyridine rings is 1. The van der Waals surface area contributed by atoms with Crippen molar-refractivity contribution in [2.45, 2.75) is 52.2 Å². The highest BCUT2D eigenvalue weighted by atomic mass is 15.2. The predicted molar refractivity (Wildman–Crippen MR) is 80.0 cm³/mol. The molecule has 1 fully saturated rings. The Labute approximate surface area is 117 Å². The monoisotopic (exact) mass is 261 g/mol. The molecule has 1 aromatic heterocycles. The maximum atomic E-state index is 4.45. The van der Waals surface area contributed by atoms with E-state index in [1.807, 2.05) is 12.3 Å². The summed E-state index contributed by atoms with van der Waals surface area (Å²) in [5.74, 6) is 0.662. The van der Waals surface area contributed by atoms with Crippen LogP contribution in [-0.2, 0) is 6.54 Å². The zero-order valence-corrected chi connectivity index (χ0v) is 12.5. The van der Waals surface area contributed by atoms with E-state index in [2.05, 4.69) is 48.1 Å². The molecular formula is C16H27N3. The SMILES string of the molecule is CCN(Cc1ccccn1)C(CNC1CC1)C(C)C. The Hall–Kier alpha value is -0.930. The van der Waals surface area contributed by atoms with Gasteiger partial charge in [-0.3, -0.25) is 9.88 Å². The van der Waals surface area contributed by atoms with Crippen LogP contribution in [-0.4, -0.2) is 35.1 Å². The van der Waals surface area contributed by atoms with Crippen molar-refractivity contribution in [3.8, 4) is 0 Å². The standard InChI is InChI=1S/C16H27N3/c1-4-19(12-15-7-5-6-10-17-15)16(13(2)3)11-18-14-8-9-14/h5-7,10,13-14,16,18H,4,8-9,11-12H2,1-3H3. The van der Waals surface area contributed by atoms with Crippen LogP contribution in [0.5, 0.6) is 0 Å². The first-order chi connectivity index (χ1) is 9.20. The van der Waals surface area contributed by atoms with Gasteiger partial charge in [-0.25, -0.2) is 0 Å². The molecule has 0 spiro atoms. The molecule has 1 saturated carbocycles. The largest absolute Gasteiger partial charge is 0.312 e. The fourth-order valence-electron chi connectivity index (χ4n) is 2.52. The van der Waals surface area contributed by atoms with E-state index in [0.29, 0.717) is 12.0 Å². The highest BCUT2D eigenvalue weighted by Crippen LogP contribution is 2.20. The van der Waals surface area contributed by atoms with Crippen LogP contribution in [0.4, 0.5) is 0 Å². The van der Waals surface area contributed by atoms with E-state index in [0.717, 1.165) is 25.7 Å². The Balaban J connectivity index is 1.94. The van der Waals surface area contributed by atoms with Crippen LogP contribution in [0.25, 0.3) is 0 Å². The van der Waals surface area contributed by atoms with Gasteiger partial charge in [0.05, 0.1) is 5.69 Å². The third kappa shape index (κ3) is 4.59. The van der Waals surface area contributed by atoms with Crippen molar-refractivity contribution < 1.29 is 0 Å². The van der Waals surface area contributed by atoms with Crippen molar-refractivity contribution in [2.24, 2.45) is 5.92 Å². The summed E-state index contributed by atoms with van der Waals surface area (Å²) >= 11 is 0. The molecule has 106 valence electrons. The zero-order valence-electron chi connectivity index (χ0n) is 12.5. The molecule has 0 radical (unpaired) electrons. The summed E-state index contributed by atoms with van der Waals surface area (Å²) in [6.07, 6.45) is 4.60. The Bertz CT molecular complexity index is 360. The molecule has 0 saturated heterocycles. The summed E-state index contributed by atoms with van der Waals surface area (Å²) < 4.78 is 0. The lowest BCUT2D eigenvalue weighted by atomic mass is 10.0. The smallest absolute Gasteiger partial charge is 0.0544 e. The third-order valence-corrected chi connectivity index (χ3v) is 3.93. The van der Waals surface area contributed by atoms with Crippen molar-refractivity contribution in [2.75, 3.05) is 13.1 Å². The van der Waals surface area contributed by atoms with E-state index in [4.69, 9.17) is 0 Å². The summed E-state index contributed by atoms with van der Waals surface area (Å²) in [5, 5.41) is 3.68. The van der Waals surface area contributed by atoms with Gasteiger partial charge in [-0.05, 0) is 37.4 Å². The second kappa shape index (κ2) is 7.01. The minimum Gasteiger partial charge on any atom is -0.312 e. The van der Waals surface area contributed by atoms with Gasteiger partial charge in [-0.1, -0.05) is 26.8 Å². The summed E-state index contributed by atoms with van der Waals surface area (Å²) in [4.78, 5) is 7.00. The van der Waals surface area contributed by atoms with Crippen molar-refractivity contribution in [3.63, 3.8) is 0 Å². The number of nitrogens with one attached hydrogen (secondary N) is 1. The summed E-state index contributed by atoms with van der Waals surface area (Å²) in [6, 6.07) is 7.55. The van der Waals surface area contributed by atoms with Crippen molar-refractivity contribution in [1.29, 1.82) is 0 Å². The number of aromatic nitrogens is 1. The summed E-state index contributed by atoms with van der Waals surface area (Å²) in [6.45, 7) is 10.0. The van der Waals surface area contributed by atoms with E-state index in [1.165, 1.54) is 18.5 Å². The van der Waals surface area contributed by atoms with E-state index in [1.54, 1.807) is 0 Å². The highest BCUT2D eigenvalue weighted by molar-refractivity contribution is 5.03. The molecule has 1 N–H and O–H groups in total. The van der Waals surface area contributed by atoms with E-state index < -0.39 is 0 Å². The lowest BCUT2D eigenvalue weighted by Crippen LogP contribution is -2.45. The Morgan fingerprint density at radius 1 is 1.37 bits per heavy atom. The van der Waals surface area contributed by atoms with Crippen molar-refractivity contribution in [3.05, 3.63) is 30.1 Å². The number of hydrogen-bond donors (Lipinski definition) is 1. The van der Waals surface area contributed by atoms with Gasteiger partial charge < -0.3 is 5.32 Å². The lowest BCUT2D eigenvalue weighted by Gasteiger charge is -2.33. The molecule has 3 heteroatoms. The first-order valence-corrected chi connectivity index (χ1v) is 7.58. The van der Waals surface area contributed by atoms with E-state index >= 15 is 0 Å². The van der Waals surface area contributed by atoms with Crippen molar-refractivity contribution in [1.82, 2.24) is 15.2 Å². The molecule has 1 unspecified atom stereocenters. The summed E-state index contributed by atoms with van der Waals surface area (Å²) in [5.41, 5.74) is 1.17. The molecule has 0 bridgehead atoms. The summed E-state index contributed by atoms with van der Waals surface area (Å²) in [7, 11) is 0. The lowest BCUT2D eigenvalue weighted by molar-refractivity contribution is 0.149. The van der Waals surface area contributed by atoms with Gasteiger partial charge >= 0.3 is 0 Å². The minimum atomic E-state index is 0.590. The van der Waals surface area contributed by atoms with Gasteiger partial charge in [0.2, 0.25) is 0 Å². The number of rotatable bonds is 8. The number of hydrogen-bond acceptors (Lipinski definition) is 3. The second-order valence-corrected chi connectivity index (χ2v) is 5.88. The molecule has 1 heterocycles. The normalized spacial score (nSPS) is 17.1. The van der Waals surface area contributed by atoms with Gasteiger partial charge in [0, 0.05) is 31.4 Å². The molecule has 2 rings (SSSR count).